The van der Waals surface area contributed by atoms with E-state index in [9.17, 15) is 0 Å². The van der Waals surface area contributed by atoms with E-state index in [1.165, 1.54) is 0 Å². The molecule has 4 aliphatic heterocycles. The molecule has 0 radical (unpaired) electrons. The summed E-state index contributed by atoms with van der Waals surface area (Å²) in [6, 6.07) is 0. The van der Waals surface area contributed by atoms with Gasteiger partial charge in [0.05, 0.1) is 0 Å². The van der Waals surface area contributed by atoms with Crippen LogP contribution in [0.5, 0.6) is 0 Å². The van der Waals surface area contributed by atoms with Crippen LogP contribution in [0.25, 0.3) is 0 Å². The number of rotatable bonds is 3. The van der Waals surface area contributed by atoms with Crippen molar-refractivity contribution in [1.82, 2.24) is 0 Å². The molecule has 0 bridgehead atoms. The van der Waals surface area contributed by atoms with Crippen molar-refractivity contribution in [3.05, 3.63) is 0 Å². The van der Waals surface area contributed by atoms with E-state index in [2.05, 4.69) is 58.9 Å². The molecule has 4 heterocycles. The van der Waals surface area contributed by atoms with E-state index in [4.69, 9.17) is 0 Å². The summed E-state index contributed by atoms with van der Waals surface area (Å²) in [4.78, 5) is 0. The molecule has 0 spiro atoms. The van der Waals surface area contributed by atoms with Gasteiger partial charge in [0, 0.05) is 0 Å². The van der Waals surface area contributed by atoms with Crippen LogP contribution in [0.1, 0.15) is 0 Å². The van der Waals surface area contributed by atoms with Crippen LogP contribution < -0.4 is 18.9 Å². The van der Waals surface area contributed by atoms with Crippen molar-refractivity contribution < 1.29 is 18.9 Å². The average molecular weight is 339 g/mol. The van der Waals surface area contributed by atoms with E-state index in [0.717, 1.165) is 0 Å². The van der Waals surface area contributed by atoms with E-state index >= 15 is 0 Å². The van der Waals surface area contributed by atoms with Gasteiger partial charge in [0.2, 0.25) is 0 Å². The first-order valence-corrected chi connectivity index (χ1v) is 33.8. The molecule has 0 aromatic carbocycles. The van der Waals surface area contributed by atoms with Crippen LogP contribution in [0.3, 0.4) is 0 Å². The van der Waals surface area contributed by atoms with Crippen molar-refractivity contribution >= 4 is 48.6 Å². The van der Waals surface area contributed by atoms with Gasteiger partial charge in [-0.1, -0.05) is 58.9 Å². The van der Waals surface area contributed by atoms with Crippen molar-refractivity contribution in [2.24, 2.45) is 0 Å². The maximum Gasteiger partial charge on any atom is 1.00 e. The third-order valence-electron chi connectivity index (χ3n) is 5.94. The van der Waals surface area contributed by atoms with Crippen molar-refractivity contribution in [3.8, 4) is 0 Å². The summed E-state index contributed by atoms with van der Waals surface area (Å²) < 4.78 is 0. The Hall–Kier alpha value is 2.12. The van der Waals surface area contributed by atoms with Gasteiger partial charge >= 0.3 is 18.9 Å². The second kappa shape index (κ2) is 3.14. The second-order valence-corrected chi connectivity index (χ2v) is 105. The van der Waals surface area contributed by atoms with E-state index in [-0.39, 0.29) is 37.3 Å². The van der Waals surface area contributed by atoms with Gasteiger partial charge in [0.15, 0.2) is 0 Å². The Labute approximate surface area is 125 Å². The summed E-state index contributed by atoms with van der Waals surface area (Å²) in [5, 5.41) is 0. The van der Waals surface area contributed by atoms with Crippen molar-refractivity contribution in [2.75, 3.05) is 0 Å². The first-order chi connectivity index (χ1) is 6.87. The summed E-state index contributed by atoms with van der Waals surface area (Å²) in [6.45, 7) is 25.3. The molecule has 0 atom stereocenters. The van der Waals surface area contributed by atoms with Crippen LogP contribution in [0.4, 0.5) is 0 Å². The van der Waals surface area contributed by atoms with Crippen LogP contribution in [-0.2, 0) is 0 Å². The normalized spacial score (nSPS) is 47.1. The van der Waals surface area contributed by atoms with E-state index in [0.29, 0.717) is 7.35 Å². The van der Waals surface area contributed by atoms with Crippen LogP contribution in [0, 0.1) is 0 Å². The van der Waals surface area contributed by atoms with Crippen molar-refractivity contribution in [2.45, 2.75) is 58.9 Å². The zero-order valence-electron chi connectivity index (χ0n) is 13.5. The predicted octanol–water partition coefficient (Wildman–Crippen LogP) is -0.407. The molecule has 0 nitrogen and oxygen atoms in total. The molecule has 4 aliphatic rings. The molecular weight excluding hydrogens is 312 g/mol. The van der Waals surface area contributed by atoms with E-state index in [1.54, 1.807) is 0 Å². The van der Waals surface area contributed by atoms with Gasteiger partial charge in [-0.15, -0.1) is 0 Å². The van der Waals surface area contributed by atoms with Gasteiger partial charge in [-0.05, 0) is 22.8 Å². The average Bonchev–Trinajstić information content (AvgIpc) is 2.77. The quantitative estimate of drug-likeness (QED) is 0.614. The molecule has 0 amide bonds. The molecule has 4 saturated heterocycles. The monoisotopic (exact) mass is 338 g/mol. The van der Waals surface area contributed by atoms with Crippen LogP contribution in [0.2, 0.25) is 58.9 Å². The second-order valence-electron chi connectivity index (χ2n) is 9.38. The molecule has 17 heavy (non-hydrogen) atoms. The molecule has 4 rings (SSSR count). The number of hydrogen-bond acceptors (Lipinski definition) is 0. The fraction of sp³-hybridized carbons (Fsp3) is 1.00. The van der Waals surface area contributed by atoms with Crippen molar-refractivity contribution in [1.29, 1.82) is 0 Å². The third-order valence-corrected chi connectivity index (χ3v) is 272. The Morgan fingerprint density at radius 3 is 0.765 bits per heavy atom. The van der Waals surface area contributed by atoms with Gasteiger partial charge in [-0.3, -0.25) is 7.35 Å². The molecule has 0 aromatic rings. The van der Waals surface area contributed by atoms with Crippen LogP contribution >= 0.6 is 0 Å². The maximum absolute atomic E-state index is 2.81. The smallest absolute Gasteiger partial charge is 0.290 e. The van der Waals surface area contributed by atoms with Crippen molar-refractivity contribution in [3.63, 3.8) is 0 Å². The molecule has 92 valence electrons. The van der Waals surface area contributed by atoms with Gasteiger partial charge in [-0.25, -0.2) is 0 Å². The maximum atomic E-state index is 2.81. The van der Waals surface area contributed by atoms with E-state index < -0.39 is 22.8 Å². The third kappa shape index (κ3) is 1.08. The Morgan fingerprint density at radius 1 is 0.529 bits per heavy atom. The summed E-state index contributed by atoms with van der Waals surface area (Å²) in [7, 11) is -1.30. The summed E-state index contributed by atoms with van der Waals surface area (Å²) in [5.41, 5.74) is 0. The molecular formula is C9H27LiSi7. The van der Waals surface area contributed by atoms with Gasteiger partial charge < -0.3 is 0 Å². The first kappa shape index (κ1) is 15.5. The Morgan fingerprint density at radius 2 is 0.706 bits per heavy atom. The minimum Gasteiger partial charge on any atom is -0.290 e. The SMILES string of the molecule is C[Si](C)(C)[Si]12[Si-]3[Si]1([Si](C)(C)C)[Si]32[Si](C)(C)C.[Li+]. The summed E-state index contributed by atoms with van der Waals surface area (Å²) >= 11 is 0. The Kier molecular flexibility index (Phi) is 2.86. The predicted molar refractivity (Wildman–Crippen MR) is 93.1 cm³/mol. The van der Waals surface area contributed by atoms with Crippen LogP contribution in [0.15, 0.2) is 0 Å². The zero-order valence-corrected chi connectivity index (χ0v) is 20.5. The first-order valence-electron chi connectivity index (χ1n) is 6.75. The number of hydrogen-bond donors (Lipinski definition) is 0. The van der Waals surface area contributed by atoms with E-state index in [1.807, 2.05) is 0 Å². The topological polar surface area (TPSA) is 0 Å². The molecule has 0 aliphatic carbocycles. The molecule has 0 saturated carbocycles. The largest absolute Gasteiger partial charge is 1.00 e. The molecule has 4 fully saturated rings. The standard InChI is InChI=1S/C9H27Si7.Li/c1-11(2,3)14-10-15(14,12(4,5)6)16(10,14)13(7,8)9;/h1-9H3;/q-1;+1. The van der Waals surface area contributed by atoms with Gasteiger partial charge in [0.25, 0.3) is 0 Å². The molecule has 8 heteroatoms. The minimum atomic E-state index is -0.624. The molecule has 0 unspecified atom stereocenters. The fourth-order valence-electron chi connectivity index (χ4n) is 6.09. The summed E-state index contributed by atoms with van der Waals surface area (Å²) in [5.74, 6) is 0. The van der Waals surface area contributed by atoms with Gasteiger partial charge in [-0.2, -0.15) is 18.4 Å². The zero-order chi connectivity index (χ0) is 12.6. The minimum absolute atomic E-state index is 0. The van der Waals surface area contributed by atoms with Crippen LogP contribution in [-0.4, -0.2) is 48.6 Å². The molecule has 0 aromatic heterocycles. The summed E-state index contributed by atoms with van der Waals surface area (Å²) in [6.07, 6.45) is -0.865. The van der Waals surface area contributed by atoms with Gasteiger partial charge in [0.1, 0.15) is 0 Å². The fourth-order valence-corrected chi connectivity index (χ4v) is 721. The Bertz CT molecular complexity index is 331. The molecule has 0 N–H and O–H groups in total. The Balaban J connectivity index is 0.00000108.